The smallest absolute Gasteiger partial charge is 0.0576 e. The average molecular weight is 198 g/mol. The Hall–Kier alpha value is -0.340. The summed E-state index contributed by atoms with van der Waals surface area (Å²) >= 11 is 0. The zero-order chi connectivity index (χ0) is 10.2. The predicted molar refractivity (Wildman–Crippen MR) is 58.3 cm³/mol. The fourth-order valence-electron chi connectivity index (χ4n) is 1.87. The molecule has 1 rings (SSSR count). The molecule has 2 heteroatoms. The third-order valence-electron chi connectivity index (χ3n) is 2.80. The van der Waals surface area contributed by atoms with Crippen LogP contribution < -0.4 is 0 Å². The molecule has 0 aliphatic carbocycles. The predicted octanol–water partition coefficient (Wildman–Crippen LogP) is 2.66. The second-order valence-electron chi connectivity index (χ2n) is 4.09. The van der Waals surface area contributed by atoms with Gasteiger partial charge in [0.2, 0.25) is 0 Å². The summed E-state index contributed by atoms with van der Waals surface area (Å²) in [5.41, 5.74) is 0. The highest BCUT2D eigenvalue weighted by molar-refractivity contribution is 4.71. The lowest BCUT2D eigenvalue weighted by Crippen LogP contribution is -2.21. The van der Waals surface area contributed by atoms with E-state index in [1.165, 1.54) is 19.3 Å². The van der Waals surface area contributed by atoms with Crippen molar-refractivity contribution in [3.63, 3.8) is 0 Å². The van der Waals surface area contributed by atoms with Crippen LogP contribution in [0.15, 0.2) is 12.7 Å². The molecule has 0 aromatic rings. The van der Waals surface area contributed by atoms with Crippen LogP contribution in [0.1, 0.15) is 44.9 Å². The van der Waals surface area contributed by atoms with E-state index in [-0.39, 0.29) is 6.10 Å². The van der Waals surface area contributed by atoms with Crippen LogP contribution in [0, 0.1) is 0 Å². The summed E-state index contributed by atoms with van der Waals surface area (Å²) in [6.07, 6.45) is 9.40. The fourth-order valence-corrected chi connectivity index (χ4v) is 1.87. The van der Waals surface area contributed by atoms with Gasteiger partial charge in [-0.3, -0.25) is 0 Å². The van der Waals surface area contributed by atoms with Crippen molar-refractivity contribution in [2.75, 3.05) is 6.61 Å². The summed E-state index contributed by atoms with van der Waals surface area (Å²) in [7, 11) is 0. The van der Waals surface area contributed by atoms with Crippen LogP contribution in [-0.2, 0) is 4.74 Å². The van der Waals surface area contributed by atoms with Crippen molar-refractivity contribution in [2.45, 2.75) is 57.2 Å². The highest BCUT2D eigenvalue weighted by Crippen LogP contribution is 2.18. The Labute approximate surface area is 87.0 Å². The largest absolute Gasteiger partial charge is 0.393 e. The standard InChI is InChI=1S/C12H22O2/c1-2-3-6-11(13)8-9-12-7-4-5-10-14-12/h2,11-13H,1,3-10H2. The van der Waals surface area contributed by atoms with E-state index in [4.69, 9.17) is 4.74 Å². The summed E-state index contributed by atoms with van der Waals surface area (Å²) in [6.45, 7) is 4.56. The molecule has 0 radical (unpaired) electrons. The Morgan fingerprint density at radius 2 is 2.29 bits per heavy atom. The summed E-state index contributed by atoms with van der Waals surface area (Å²) in [5, 5.41) is 9.61. The first kappa shape index (κ1) is 11.7. The number of hydrogen-bond donors (Lipinski definition) is 1. The first-order valence-electron chi connectivity index (χ1n) is 5.73. The number of aliphatic hydroxyl groups excluding tert-OH is 1. The van der Waals surface area contributed by atoms with E-state index in [2.05, 4.69) is 6.58 Å². The van der Waals surface area contributed by atoms with Gasteiger partial charge < -0.3 is 9.84 Å². The lowest BCUT2D eigenvalue weighted by molar-refractivity contribution is 0.00182. The lowest BCUT2D eigenvalue weighted by Gasteiger charge is -2.23. The number of rotatable bonds is 6. The van der Waals surface area contributed by atoms with Crippen molar-refractivity contribution in [3.8, 4) is 0 Å². The maximum Gasteiger partial charge on any atom is 0.0576 e. The first-order valence-corrected chi connectivity index (χ1v) is 5.73. The Morgan fingerprint density at radius 3 is 2.93 bits per heavy atom. The van der Waals surface area contributed by atoms with Crippen molar-refractivity contribution >= 4 is 0 Å². The van der Waals surface area contributed by atoms with Crippen LogP contribution in [0.25, 0.3) is 0 Å². The zero-order valence-corrected chi connectivity index (χ0v) is 8.95. The SMILES string of the molecule is C=CCCC(O)CCC1CCCCO1. The summed E-state index contributed by atoms with van der Waals surface area (Å²) in [4.78, 5) is 0. The summed E-state index contributed by atoms with van der Waals surface area (Å²) in [5.74, 6) is 0. The molecule has 2 atom stereocenters. The highest BCUT2D eigenvalue weighted by atomic mass is 16.5. The topological polar surface area (TPSA) is 29.5 Å². The Balaban J connectivity index is 2.03. The molecule has 0 aromatic heterocycles. The average Bonchev–Trinajstić information content (AvgIpc) is 2.25. The second-order valence-corrected chi connectivity index (χ2v) is 4.09. The van der Waals surface area contributed by atoms with Crippen LogP contribution in [0.3, 0.4) is 0 Å². The minimum atomic E-state index is -0.168. The van der Waals surface area contributed by atoms with E-state index in [9.17, 15) is 5.11 Å². The van der Waals surface area contributed by atoms with Gasteiger partial charge in [0.05, 0.1) is 12.2 Å². The molecule has 1 N–H and O–H groups in total. The first-order chi connectivity index (χ1) is 6.83. The van der Waals surface area contributed by atoms with E-state index >= 15 is 0 Å². The molecule has 1 saturated heterocycles. The monoisotopic (exact) mass is 198 g/mol. The Bertz CT molecular complexity index is 150. The molecule has 1 aliphatic rings. The minimum absolute atomic E-state index is 0.168. The molecule has 14 heavy (non-hydrogen) atoms. The maximum absolute atomic E-state index is 9.61. The molecule has 2 unspecified atom stereocenters. The van der Waals surface area contributed by atoms with Crippen LogP contribution in [0.4, 0.5) is 0 Å². The zero-order valence-electron chi connectivity index (χ0n) is 8.95. The number of allylic oxidation sites excluding steroid dienone is 1. The molecule has 1 heterocycles. The molecule has 1 aliphatic heterocycles. The molecule has 2 nitrogen and oxygen atoms in total. The van der Waals surface area contributed by atoms with Crippen molar-refractivity contribution in [1.82, 2.24) is 0 Å². The molecule has 0 aromatic carbocycles. The van der Waals surface area contributed by atoms with Gasteiger partial charge in [0.1, 0.15) is 0 Å². The summed E-state index contributed by atoms with van der Waals surface area (Å²) in [6, 6.07) is 0. The van der Waals surface area contributed by atoms with Gasteiger partial charge in [-0.25, -0.2) is 0 Å². The van der Waals surface area contributed by atoms with Crippen LogP contribution in [0.2, 0.25) is 0 Å². The molecular weight excluding hydrogens is 176 g/mol. The lowest BCUT2D eigenvalue weighted by atomic mass is 10.0. The van der Waals surface area contributed by atoms with Crippen molar-refractivity contribution < 1.29 is 9.84 Å². The van der Waals surface area contributed by atoms with Crippen LogP contribution in [-0.4, -0.2) is 23.9 Å². The van der Waals surface area contributed by atoms with Gasteiger partial charge in [-0.05, 0) is 44.9 Å². The minimum Gasteiger partial charge on any atom is -0.393 e. The molecule has 0 saturated carbocycles. The Morgan fingerprint density at radius 1 is 1.43 bits per heavy atom. The number of ether oxygens (including phenoxy) is 1. The maximum atomic E-state index is 9.61. The molecule has 1 fully saturated rings. The molecule has 0 amide bonds. The van der Waals surface area contributed by atoms with Gasteiger partial charge in [0.25, 0.3) is 0 Å². The van der Waals surface area contributed by atoms with Crippen molar-refractivity contribution in [1.29, 1.82) is 0 Å². The second kappa shape index (κ2) is 7.02. The summed E-state index contributed by atoms with van der Waals surface area (Å²) < 4.78 is 5.60. The third kappa shape index (κ3) is 4.77. The third-order valence-corrected chi connectivity index (χ3v) is 2.80. The molecule has 82 valence electrons. The molecule has 0 spiro atoms. The van der Waals surface area contributed by atoms with Crippen LogP contribution >= 0.6 is 0 Å². The van der Waals surface area contributed by atoms with E-state index in [0.717, 1.165) is 32.3 Å². The Kier molecular flexibility index (Phi) is 5.88. The van der Waals surface area contributed by atoms with Gasteiger partial charge >= 0.3 is 0 Å². The molecular formula is C12H22O2. The van der Waals surface area contributed by atoms with Gasteiger partial charge in [0, 0.05) is 6.61 Å². The van der Waals surface area contributed by atoms with Gasteiger partial charge in [-0.1, -0.05) is 6.08 Å². The normalized spacial score (nSPS) is 24.5. The van der Waals surface area contributed by atoms with Crippen LogP contribution in [0.5, 0.6) is 0 Å². The van der Waals surface area contributed by atoms with Gasteiger partial charge in [0.15, 0.2) is 0 Å². The van der Waals surface area contributed by atoms with Gasteiger partial charge in [-0.15, -0.1) is 6.58 Å². The van der Waals surface area contributed by atoms with Crippen molar-refractivity contribution in [3.05, 3.63) is 12.7 Å². The van der Waals surface area contributed by atoms with E-state index in [1.54, 1.807) is 0 Å². The number of aliphatic hydroxyl groups is 1. The van der Waals surface area contributed by atoms with E-state index in [1.807, 2.05) is 6.08 Å². The number of hydrogen-bond acceptors (Lipinski definition) is 2. The fraction of sp³-hybridized carbons (Fsp3) is 0.833. The molecule has 0 bridgehead atoms. The highest BCUT2D eigenvalue weighted by Gasteiger charge is 2.15. The van der Waals surface area contributed by atoms with E-state index in [0.29, 0.717) is 6.10 Å². The van der Waals surface area contributed by atoms with E-state index < -0.39 is 0 Å². The van der Waals surface area contributed by atoms with Crippen molar-refractivity contribution in [2.24, 2.45) is 0 Å². The van der Waals surface area contributed by atoms with Gasteiger partial charge in [-0.2, -0.15) is 0 Å². The quantitative estimate of drug-likeness (QED) is 0.665.